The van der Waals surface area contributed by atoms with Crippen molar-refractivity contribution in [1.82, 2.24) is 14.2 Å². The molecule has 11 heteroatoms. The molecular formula is C29H32ClN3O6S. The molecule has 9 nitrogen and oxygen atoms in total. The van der Waals surface area contributed by atoms with Crippen LogP contribution in [-0.4, -0.2) is 75.3 Å². The molecule has 212 valence electrons. The van der Waals surface area contributed by atoms with E-state index in [9.17, 15) is 18.0 Å². The van der Waals surface area contributed by atoms with E-state index in [-0.39, 0.29) is 11.3 Å². The van der Waals surface area contributed by atoms with Gasteiger partial charge in [-0.1, -0.05) is 42.0 Å². The Morgan fingerprint density at radius 1 is 1.10 bits per heavy atom. The zero-order valence-electron chi connectivity index (χ0n) is 22.4. The fourth-order valence-electron chi connectivity index (χ4n) is 4.41. The molecule has 1 N–H and O–H groups in total. The number of aromatic nitrogens is 1. The van der Waals surface area contributed by atoms with Gasteiger partial charge in [0.15, 0.2) is 0 Å². The molecule has 0 saturated carbocycles. The van der Waals surface area contributed by atoms with Crippen molar-refractivity contribution in [1.29, 1.82) is 0 Å². The van der Waals surface area contributed by atoms with Gasteiger partial charge >= 0.3 is 0 Å². The number of carbonyl (C=O) groups is 2. The van der Waals surface area contributed by atoms with Gasteiger partial charge in [-0.05, 0) is 48.4 Å². The quantitative estimate of drug-likeness (QED) is 0.341. The smallest absolute Gasteiger partial charge is 0.265 e. The lowest BCUT2D eigenvalue weighted by molar-refractivity contribution is 0.0322. The number of rotatable bonds is 11. The Morgan fingerprint density at radius 3 is 2.60 bits per heavy atom. The molecule has 4 rings (SSSR count). The largest absolute Gasteiger partial charge is 0.491 e. The van der Waals surface area contributed by atoms with Crippen LogP contribution in [0.2, 0.25) is 5.02 Å². The normalized spacial score (nSPS) is 14.4. The fourth-order valence-corrected chi connectivity index (χ4v) is 5.03. The van der Waals surface area contributed by atoms with Crippen molar-refractivity contribution < 1.29 is 27.5 Å². The molecule has 3 aromatic rings. The highest BCUT2D eigenvalue weighted by Gasteiger charge is 2.19. The number of carbonyl (C=O) groups excluding carboxylic acids is 2. The van der Waals surface area contributed by atoms with E-state index in [1.165, 1.54) is 6.07 Å². The Labute approximate surface area is 239 Å². The lowest BCUT2D eigenvalue weighted by atomic mass is 10.1. The van der Waals surface area contributed by atoms with Crippen molar-refractivity contribution in [3.8, 4) is 5.75 Å². The predicted octanol–water partition coefficient (Wildman–Crippen LogP) is 3.79. The van der Waals surface area contributed by atoms with Gasteiger partial charge in [0.05, 0.1) is 30.7 Å². The van der Waals surface area contributed by atoms with Crippen molar-refractivity contribution in [2.24, 2.45) is 0 Å². The second-order valence-corrected chi connectivity index (χ2v) is 11.7. The maximum absolute atomic E-state index is 13.6. The second kappa shape index (κ2) is 13.3. The number of aryl methyl sites for hydroxylation is 1. The van der Waals surface area contributed by atoms with Crippen molar-refractivity contribution in [2.75, 3.05) is 45.7 Å². The van der Waals surface area contributed by atoms with Crippen LogP contribution in [0.1, 0.15) is 37.5 Å². The molecule has 1 aliphatic rings. The third kappa shape index (κ3) is 8.04. The van der Waals surface area contributed by atoms with Crippen LogP contribution in [0.25, 0.3) is 6.08 Å². The molecule has 0 radical (unpaired) electrons. The number of para-hydroxylation sites is 1. The molecule has 0 bridgehead atoms. The molecule has 2 heterocycles. The average molecular weight is 586 g/mol. The van der Waals surface area contributed by atoms with Crippen LogP contribution in [-0.2, 0) is 21.3 Å². The van der Waals surface area contributed by atoms with Crippen LogP contribution in [0.4, 0.5) is 0 Å². The highest BCUT2D eigenvalue weighted by atomic mass is 35.5. The Kier molecular flexibility index (Phi) is 9.80. The number of hydrogen-bond donors (Lipinski definition) is 1. The van der Waals surface area contributed by atoms with Gasteiger partial charge in [0.2, 0.25) is 15.8 Å². The first-order valence-electron chi connectivity index (χ1n) is 12.8. The minimum atomic E-state index is -3.74. The number of hydrogen-bond acceptors (Lipinski definition) is 7. The first-order valence-corrected chi connectivity index (χ1v) is 15.1. The Hall–Kier alpha value is -3.44. The van der Waals surface area contributed by atoms with Crippen LogP contribution in [0.15, 0.2) is 60.8 Å². The summed E-state index contributed by atoms with van der Waals surface area (Å²) >= 11 is 6.05. The first-order chi connectivity index (χ1) is 19.1. The summed E-state index contributed by atoms with van der Waals surface area (Å²) in [5.74, 6) is -0.407. The van der Waals surface area contributed by atoms with Crippen LogP contribution in [0.5, 0.6) is 5.75 Å². The van der Waals surface area contributed by atoms with E-state index in [1.54, 1.807) is 36.4 Å². The van der Waals surface area contributed by atoms with Gasteiger partial charge in [-0.3, -0.25) is 14.5 Å². The molecular weight excluding hydrogens is 554 g/mol. The van der Waals surface area contributed by atoms with Gasteiger partial charge in [-0.15, -0.1) is 0 Å². The van der Waals surface area contributed by atoms with E-state index in [0.717, 1.165) is 31.5 Å². The minimum absolute atomic E-state index is 0.123. The zero-order chi connectivity index (χ0) is 28.7. The molecule has 1 aliphatic heterocycles. The number of ether oxygens (including phenoxy) is 2. The summed E-state index contributed by atoms with van der Waals surface area (Å²) in [6, 6.07) is 13.7. The Bertz CT molecular complexity index is 1510. The number of benzene rings is 2. The summed E-state index contributed by atoms with van der Waals surface area (Å²) in [6.07, 6.45) is 6.27. The van der Waals surface area contributed by atoms with Crippen LogP contribution >= 0.6 is 11.6 Å². The monoisotopic (exact) mass is 585 g/mol. The number of ketones is 1. The predicted molar refractivity (Wildman–Crippen MR) is 155 cm³/mol. The topological polar surface area (TPSA) is 107 Å². The third-order valence-corrected chi connectivity index (χ3v) is 7.10. The molecule has 0 spiro atoms. The molecule has 40 heavy (non-hydrogen) atoms. The summed E-state index contributed by atoms with van der Waals surface area (Å²) < 4.78 is 38.3. The zero-order valence-corrected chi connectivity index (χ0v) is 24.0. The van der Waals surface area contributed by atoms with Gasteiger partial charge in [0.25, 0.3) is 5.91 Å². The molecule has 1 aromatic heterocycles. The lowest BCUT2D eigenvalue weighted by Gasteiger charge is -2.26. The Morgan fingerprint density at radius 2 is 1.85 bits per heavy atom. The molecule has 1 fully saturated rings. The van der Waals surface area contributed by atoms with E-state index in [4.69, 9.17) is 21.1 Å². The van der Waals surface area contributed by atoms with Crippen molar-refractivity contribution >= 4 is 39.4 Å². The van der Waals surface area contributed by atoms with E-state index < -0.39 is 15.9 Å². The van der Waals surface area contributed by atoms with E-state index >= 15 is 0 Å². The molecule has 0 aliphatic carbocycles. The number of halogens is 1. The van der Waals surface area contributed by atoms with E-state index in [2.05, 4.69) is 4.90 Å². The van der Waals surface area contributed by atoms with Gasteiger partial charge in [-0.25, -0.2) is 13.1 Å². The summed E-state index contributed by atoms with van der Waals surface area (Å²) in [5.41, 5.74) is 2.50. The van der Waals surface area contributed by atoms with Crippen LogP contribution in [0.3, 0.4) is 0 Å². The Balaban J connectivity index is 1.49. The summed E-state index contributed by atoms with van der Waals surface area (Å²) in [7, 11) is -3.74. The average Bonchev–Trinajstić information content (AvgIpc) is 3.29. The van der Waals surface area contributed by atoms with Crippen molar-refractivity contribution in [3.05, 3.63) is 93.8 Å². The number of allylic oxidation sites excluding steroid dienone is 1. The highest BCUT2D eigenvalue weighted by molar-refractivity contribution is 7.89. The van der Waals surface area contributed by atoms with Gasteiger partial charge in [-0.2, -0.15) is 0 Å². The van der Waals surface area contributed by atoms with E-state index in [0.29, 0.717) is 54.0 Å². The summed E-state index contributed by atoms with van der Waals surface area (Å²) in [6.45, 7) is 6.62. The molecule has 0 unspecified atom stereocenters. The number of sulfonamides is 1. The minimum Gasteiger partial charge on any atom is -0.491 e. The maximum Gasteiger partial charge on any atom is 0.265 e. The lowest BCUT2D eigenvalue weighted by Crippen LogP contribution is -2.38. The van der Waals surface area contributed by atoms with Crippen molar-refractivity contribution in [3.63, 3.8) is 0 Å². The SMILES string of the molecule is Cc1cc(C(=O)c2ccccc2OCCN2CCOCC2)n(C/C=C/c2ccc(Cl)cc2C(=O)NS(C)(=O)=O)c1. The molecule has 0 atom stereocenters. The first kappa shape index (κ1) is 29.5. The van der Waals surface area contributed by atoms with E-state index in [1.807, 2.05) is 40.6 Å². The molecule has 2 aromatic carbocycles. The fraction of sp³-hybridized carbons (Fsp3) is 0.310. The van der Waals surface area contributed by atoms with Gasteiger partial charge in [0.1, 0.15) is 12.4 Å². The van der Waals surface area contributed by atoms with Crippen LogP contribution < -0.4 is 9.46 Å². The number of nitrogens with zero attached hydrogens (tertiary/aromatic N) is 2. The molecule has 1 amide bonds. The third-order valence-electron chi connectivity index (χ3n) is 6.30. The summed E-state index contributed by atoms with van der Waals surface area (Å²) in [4.78, 5) is 28.4. The summed E-state index contributed by atoms with van der Waals surface area (Å²) in [5, 5.41) is 0.301. The van der Waals surface area contributed by atoms with Crippen molar-refractivity contribution in [2.45, 2.75) is 13.5 Å². The second-order valence-electron chi connectivity index (χ2n) is 9.52. The number of nitrogens with one attached hydrogen (secondary N) is 1. The molecule has 1 saturated heterocycles. The van der Waals surface area contributed by atoms with Crippen LogP contribution in [0, 0.1) is 6.92 Å². The highest BCUT2D eigenvalue weighted by Crippen LogP contribution is 2.24. The van der Waals surface area contributed by atoms with Gasteiger partial charge in [0, 0.05) is 43.0 Å². The standard InChI is InChI=1S/C29H32ClN3O6S/c1-21-18-26(28(34)24-7-3-4-8-27(24)39-17-14-32-12-15-38-16-13-32)33(20-21)11-5-6-22-9-10-23(30)19-25(22)29(35)31-40(2,36)37/h3-10,18-20H,11-17H2,1-2H3,(H,31,35)/b6-5+. The number of morpholine rings is 1. The maximum atomic E-state index is 13.6. The van der Waals surface area contributed by atoms with Gasteiger partial charge < -0.3 is 14.0 Å². The number of amides is 1.